The molecule has 7 heteroatoms. The number of amides is 1. The third kappa shape index (κ3) is 3.48. The van der Waals surface area contributed by atoms with E-state index in [9.17, 15) is 4.79 Å². The van der Waals surface area contributed by atoms with E-state index >= 15 is 0 Å². The van der Waals surface area contributed by atoms with E-state index < -0.39 is 0 Å². The van der Waals surface area contributed by atoms with E-state index in [1.165, 1.54) is 0 Å². The monoisotopic (exact) mass is 378 g/mol. The van der Waals surface area contributed by atoms with Crippen LogP contribution in [0.15, 0.2) is 42.5 Å². The predicted octanol–water partition coefficient (Wildman–Crippen LogP) is 3.43. The van der Waals surface area contributed by atoms with Crippen LogP contribution in [0, 0.1) is 13.8 Å². The molecule has 28 heavy (non-hydrogen) atoms. The van der Waals surface area contributed by atoms with Crippen molar-refractivity contribution in [2.75, 3.05) is 12.4 Å². The van der Waals surface area contributed by atoms with Gasteiger partial charge < -0.3 is 14.8 Å². The van der Waals surface area contributed by atoms with Gasteiger partial charge in [-0.05, 0) is 43.2 Å². The van der Waals surface area contributed by atoms with Crippen molar-refractivity contribution >= 4 is 11.6 Å². The molecule has 4 rings (SSSR count). The molecule has 0 saturated heterocycles. The standard InChI is InChI=1S/C21H22N4O3/c1-13-4-9-17(14(2)10-13)22-21(26)20-18-12-28-19(11-25(18)24-23-20)15-5-7-16(27-3)8-6-15/h4-10,19H,11-12H2,1-3H3,(H,22,26)/t19-/m0/s1. The molecule has 0 unspecified atom stereocenters. The molecule has 144 valence electrons. The number of nitrogens with zero attached hydrogens (tertiary/aromatic N) is 3. The summed E-state index contributed by atoms with van der Waals surface area (Å²) in [5.74, 6) is 0.520. The normalized spacial score (nSPS) is 15.8. The third-order valence-electron chi connectivity index (χ3n) is 4.93. The van der Waals surface area contributed by atoms with Gasteiger partial charge in [0.05, 0.1) is 26.0 Å². The molecule has 0 saturated carbocycles. The number of anilines is 1. The molecular weight excluding hydrogens is 356 g/mol. The zero-order valence-corrected chi connectivity index (χ0v) is 16.1. The van der Waals surface area contributed by atoms with Crippen molar-refractivity contribution in [1.82, 2.24) is 15.0 Å². The first kappa shape index (κ1) is 18.2. The van der Waals surface area contributed by atoms with Crippen molar-refractivity contribution in [3.05, 3.63) is 70.5 Å². The molecule has 0 aliphatic carbocycles. The summed E-state index contributed by atoms with van der Waals surface area (Å²) in [4.78, 5) is 12.7. The van der Waals surface area contributed by atoms with Gasteiger partial charge in [0, 0.05) is 5.69 Å². The Morgan fingerprint density at radius 1 is 1.21 bits per heavy atom. The Morgan fingerprint density at radius 2 is 2.00 bits per heavy atom. The molecule has 1 aliphatic rings. The topological polar surface area (TPSA) is 78.3 Å². The highest BCUT2D eigenvalue weighted by atomic mass is 16.5. The average molecular weight is 378 g/mol. The van der Waals surface area contributed by atoms with Crippen molar-refractivity contribution in [1.29, 1.82) is 0 Å². The van der Waals surface area contributed by atoms with Crippen LogP contribution < -0.4 is 10.1 Å². The van der Waals surface area contributed by atoms with Gasteiger partial charge in [-0.15, -0.1) is 5.10 Å². The number of carbonyl (C=O) groups excluding carboxylic acids is 1. The Kier molecular flexibility index (Phi) is 4.83. The van der Waals surface area contributed by atoms with E-state index in [1.54, 1.807) is 11.8 Å². The fraction of sp³-hybridized carbons (Fsp3) is 0.286. The second kappa shape index (κ2) is 7.44. The molecular formula is C21H22N4O3. The molecule has 1 amide bonds. The molecule has 0 radical (unpaired) electrons. The average Bonchev–Trinajstić information content (AvgIpc) is 3.13. The van der Waals surface area contributed by atoms with Crippen molar-refractivity contribution in [3.63, 3.8) is 0 Å². The number of methoxy groups -OCH3 is 1. The minimum absolute atomic E-state index is 0.143. The highest BCUT2D eigenvalue weighted by Crippen LogP contribution is 2.28. The lowest BCUT2D eigenvalue weighted by atomic mass is 10.1. The quantitative estimate of drug-likeness (QED) is 0.753. The Balaban J connectivity index is 1.50. The zero-order chi connectivity index (χ0) is 19.7. The lowest BCUT2D eigenvalue weighted by molar-refractivity contribution is -0.00173. The molecule has 2 heterocycles. The molecule has 0 bridgehead atoms. The molecule has 1 aromatic heterocycles. The molecule has 0 fully saturated rings. The van der Waals surface area contributed by atoms with Crippen LogP contribution in [-0.2, 0) is 17.9 Å². The van der Waals surface area contributed by atoms with Gasteiger partial charge in [-0.3, -0.25) is 4.79 Å². The molecule has 1 aliphatic heterocycles. The minimum Gasteiger partial charge on any atom is -0.497 e. The molecule has 7 nitrogen and oxygen atoms in total. The SMILES string of the molecule is COc1ccc([C@@H]2Cn3nnc(C(=O)Nc4ccc(C)cc4C)c3CO2)cc1. The number of fused-ring (bicyclic) bond motifs is 1. The number of hydrogen-bond donors (Lipinski definition) is 1. The third-order valence-corrected chi connectivity index (χ3v) is 4.93. The van der Waals surface area contributed by atoms with Gasteiger partial charge in [0.2, 0.25) is 0 Å². The summed E-state index contributed by atoms with van der Waals surface area (Å²) in [5.41, 5.74) is 4.94. The van der Waals surface area contributed by atoms with Gasteiger partial charge in [0.25, 0.3) is 5.91 Å². The maximum absolute atomic E-state index is 12.7. The second-order valence-electron chi connectivity index (χ2n) is 6.91. The highest BCUT2D eigenvalue weighted by molar-refractivity contribution is 6.04. The van der Waals surface area contributed by atoms with Gasteiger partial charge in [-0.2, -0.15) is 0 Å². The molecule has 0 spiro atoms. The van der Waals surface area contributed by atoms with E-state index in [0.717, 1.165) is 28.1 Å². The van der Waals surface area contributed by atoms with Gasteiger partial charge in [-0.25, -0.2) is 4.68 Å². The van der Waals surface area contributed by atoms with Gasteiger partial charge in [0.1, 0.15) is 11.9 Å². The first-order valence-corrected chi connectivity index (χ1v) is 9.11. The summed E-state index contributed by atoms with van der Waals surface area (Å²) in [6, 6.07) is 13.6. The highest BCUT2D eigenvalue weighted by Gasteiger charge is 2.28. The summed E-state index contributed by atoms with van der Waals surface area (Å²) in [6.07, 6.45) is -0.143. The van der Waals surface area contributed by atoms with E-state index in [2.05, 4.69) is 15.6 Å². The second-order valence-corrected chi connectivity index (χ2v) is 6.91. The summed E-state index contributed by atoms with van der Waals surface area (Å²) in [6.45, 7) is 4.77. The minimum atomic E-state index is -0.278. The maximum Gasteiger partial charge on any atom is 0.278 e. The van der Waals surface area contributed by atoms with Crippen LogP contribution in [0.3, 0.4) is 0 Å². The Hall–Kier alpha value is -3.19. The van der Waals surface area contributed by atoms with Gasteiger partial charge in [-0.1, -0.05) is 35.0 Å². The maximum atomic E-state index is 12.7. The van der Waals surface area contributed by atoms with E-state index in [0.29, 0.717) is 17.9 Å². The number of benzene rings is 2. The van der Waals surface area contributed by atoms with Crippen LogP contribution in [0.25, 0.3) is 0 Å². The van der Waals surface area contributed by atoms with Crippen LogP contribution in [0.2, 0.25) is 0 Å². The Labute approximate surface area is 163 Å². The van der Waals surface area contributed by atoms with Crippen LogP contribution in [-0.4, -0.2) is 28.0 Å². The van der Waals surface area contributed by atoms with E-state index in [1.807, 2.05) is 56.3 Å². The van der Waals surface area contributed by atoms with E-state index in [4.69, 9.17) is 9.47 Å². The first-order valence-electron chi connectivity index (χ1n) is 9.11. The van der Waals surface area contributed by atoms with Crippen LogP contribution in [0.1, 0.15) is 39.0 Å². The van der Waals surface area contributed by atoms with Crippen LogP contribution in [0.5, 0.6) is 5.75 Å². The predicted molar refractivity (Wildman–Crippen MR) is 104 cm³/mol. The van der Waals surface area contributed by atoms with Gasteiger partial charge in [0.15, 0.2) is 5.69 Å². The summed E-state index contributed by atoms with van der Waals surface area (Å²) < 4.78 is 12.9. The fourth-order valence-corrected chi connectivity index (χ4v) is 3.34. The molecule has 1 N–H and O–H groups in total. The largest absolute Gasteiger partial charge is 0.497 e. The smallest absolute Gasteiger partial charge is 0.278 e. The van der Waals surface area contributed by atoms with Crippen molar-refractivity contribution in [3.8, 4) is 5.75 Å². The van der Waals surface area contributed by atoms with Crippen molar-refractivity contribution < 1.29 is 14.3 Å². The number of rotatable bonds is 4. The molecule has 3 aromatic rings. The number of nitrogens with one attached hydrogen (secondary N) is 1. The van der Waals surface area contributed by atoms with E-state index in [-0.39, 0.29) is 18.6 Å². The van der Waals surface area contributed by atoms with Crippen molar-refractivity contribution in [2.45, 2.75) is 33.1 Å². The summed E-state index contributed by atoms with van der Waals surface area (Å²) >= 11 is 0. The lowest BCUT2D eigenvalue weighted by Gasteiger charge is -2.24. The number of aryl methyl sites for hydroxylation is 2. The Morgan fingerprint density at radius 3 is 2.71 bits per heavy atom. The molecule has 1 atom stereocenters. The number of carbonyl (C=O) groups is 1. The van der Waals surface area contributed by atoms with Crippen LogP contribution >= 0.6 is 0 Å². The van der Waals surface area contributed by atoms with Gasteiger partial charge >= 0.3 is 0 Å². The number of aromatic nitrogens is 3. The zero-order valence-electron chi connectivity index (χ0n) is 16.1. The first-order chi connectivity index (χ1) is 13.5. The molecule has 2 aromatic carbocycles. The van der Waals surface area contributed by atoms with Crippen molar-refractivity contribution in [2.24, 2.45) is 0 Å². The summed E-state index contributed by atoms with van der Waals surface area (Å²) in [7, 11) is 1.64. The Bertz CT molecular complexity index is 1010. The number of ether oxygens (including phenoxy) is 2. The number of hydrogen-bond acceptors (Lipinski definition) is 5. The lowest BCUT2D eigenvalue weighted by Crippen LogP contribution is -2.24. The fourth-order valence-electron chi connectivity index (χ4n) is 3.34. The van der Waals surface area contributed by atoms with Crippen LogP contribution in [0.4, 0.5) is 5.69 Å². The summed E-state index contributed by atoms with van der Waals surface area (Å²) in [5, 5.41) is 11.2.